The van der Waals surface area contributed by atoms with E-state index < -0.39 is 17.8 Å². The summed E-state index contributed by atoms with van der Waals surface area (Å²) >= 11 is 5.91. The van der Waals surface area contributed by atoms with E-state index in [-0.39, 0.29) is 11.8 Å². The number of halogens is 4. The molecule has 2 amide bonds. The van der Waals surface area contributed by atoms with E-state index in [0.29, 0.717) is 22.0 Å². The van der Waals surface area contributed by atoms with Crippen LogP contribution < -0.4 is 15.5 Å². The number of carbonyl (C=O) groups excluding carboxylic acids is 1. The first-order chi connectivity index (χ1) is 12.2. The lowest BCUT2D eigenvalue weighted by atomic mass is 10.1. The lowest BCUT2D eigenvalue weighted by Crippen LogP contribution is -2.28. The standard InChI is InChI=1S/C17H13ClF3N3O2/c1-9-15(13-7-4-11(18)8-14(13)26-9)23-24-16(25)22-12-5-2-10(3-6-12)17(19,20)21/h2-9H,1H3,(H2,22,24,25)/b23-15-. The van der Waals surface area contributed by atoms with E-state index in [1.54, 1.807) is 25.1 Å². The first-order valence-corrected chi connectivity index (χ1v) is 7.90. The summed E-state index contributed by atoms with van der Waals surface area (Å²) in [5, 5.41) is 6.96. The minimum Gasteiger partial charge on any atom is -0.484 e. The minimum absolute atomic E-state index is 0.207. The molecule has 3 rings (SSSR count). The minimum atomic E-state index is -4.43. The highest BCUT2D eigenvalue weighted by Gasteiger charge is 2.30. The van der Waals surface area contributed by atoms with Crippen molar-refractivity contribution < 1.29 is 22.7 Å². The quantitative estimate of drug-likeness (QED) is 0.740. The van der Waals surface area contributed by atoms with Crippen molar-refractivity contribution >= 4 is 29.0 Å². The molecule has 26 heavy (non-hydrogen) atoms. The fraction of sp³-hybridized carbons (Fsp3) is 0.176. The van der Waals surface area contributed by atoms with Crippen molar-refractivity contribution in [3.05, 3.63) is 58.6 Å². The van der Waals surface area contributed by atoms with E-state index in [2.05, 4.69) is 15.8 Å². The van der Waals surface area contributed by atoms with Crippen LogP contribution in [-0.2, 0) is 6.18 Å². The first kappa shape index (κ1) is 18.1. The molecule has 5 nitrogen and oxygen atoms in total. The molecule has 0 aliphatic carbocycles. The second kappa shape index (κ2) is 6.87. The second-order valence-electron chi connectivity index (χ2n) is 5.54. The van der Waals surface area contributed by atoms with Gasteiger partial charge in [-0.1, -0.05) is 11.6 Å². The highest BCUT2D eigenvalue weighted by Crippen LogP contribution is 2.32. The SMILES string of the molecule is CC1Oc2cc(Cl)ccc2/C1=N\NC(=O)Nc1ccc(C(F)(F)F)cc1. The van der Waals surface area contributed by atoms with Gasteiger partial charge in [0.2, 0.25) is 0 Å². The topological polar surface area (TPSA) is 62.7 Å². The maximum absolute atomic E-state index is 12.5. The Morgan fingerprint density at radius 1 is 1.19 bits per heavy atom. The van der Waals surface area contributed by atoms with Crippen LogP contribution in [0.15, 0.2) is 47.6 Å². The van der Waals surface area contributed by atoms with Gasteiger partial charge in [-0.25, -0.2) is 10.2 Å². The van der Waals surface area contributed by atoms with Crippen LogP contribution in [0.5, 0.6) is 5.75 Å². The molecule has 9 heteroatoms. The summed E-state index contributed by atoms with van der Waals surface area (Å²) in [6.45, 7) is 1.77. The van der Waals surface area contributed by atoms with Crippen molar-refractivity contribution in [2.24, 2.45) is 5.10 Å². The van der Waals surface area contributed by atoms with Gasteiger partial charge in [0.05, 0.1) is 5.56 Å². The van der Waals surface area contributed by atoms with Crippen LogP contribution in [0, 0.1) is 0 Å². The number of anilines is 1. The number of carbonyl (C=O) groups is 1. The number of nitrogens with zero attached hydrogens (tertiary/aromatic N) is 1. The fourth-order valence-corrected chi connectivity index (χ4v) is 2.60. The van der Waals surface area contributed by atoms with E-state index in [9.17, 15) is 18.0 Å². The molecule has 2 aromatic carbocycles. The molecule has 1 atom stereocenters. The number of rotatable bonds is 2. The van der Waals surface area contributed by atoms with E-state index >= 15 is 0 Å². The largest absolute Gasteiger partial charge is 0.484 e. The summed E-state index contributed by atoms with van der Waals surface area (Å²) in [7, 11) is 0. The molecular weight excluding hydrogens is 371 g/mol. The van der Waals surface area contributed by atoms with Crippen LogP contribution in [0.1, 0.15) is 18.1 Å². The Bertz CT molecular complexity index is 867. The summed E-state index contributed by atoms with van der Waals surface area (Å²) < 4.78 is 43.2. The molecule has 1 unspecified atom stereocenters. The van der Waals surface area contributed by atoms with Crippen LogP contribution in [0.2, 0.25) is 5.02 Å². The van der Waals surface area contributed by atoms with Gasteiger partial charge < -0.3 is 10.1 Å². The molecule has 0 saturated heterocycles. The Hall–Kier alpha value is -2.74. The molecule has 1 aliphatic rings. The predicted molar refractivity (Wildman–Crippen MR) is 91.7 cm³/mol. The van der Waals surface area contributed by atoms with Crippen molar-refractivity contribution in [3.63, 3.8) is 0 Å². The molecule has 1 aliphatic heterocycles. The number of urea groups is 1. The number of alkyl halides is 3. The molecule has 0 radical (unpaired) electrons. The van der Waals surface area contributed by atoms with Crippen LogP contribution in [-0.4, -0.2) is 17.8 Å². The summed E-state index contributed by atoms with van der Waals surface area (Å²) in [5.74, 6) is 0.564. The normalized spacial score (nSPS) is 17.6. The van der Waals surface area contributed by atoms with Gasteiger partial charge in [-0.2, -0.15) is 18.3 Å². The van der Waals surface area contributed by atoms with Gasteiger partial charge in [-0.05, 0) is 49.4 Å². The lowest BCUT2D eigenvalue weighted by molar-refractivity contribution is -0.137. The summed E-state index contributed by atoms with van der Waals surface area (Å²) in [6, 6.07) is 8.46. The average molecular weight is 384 g/mol. The molecular formula is C17H13ClF3N3O2. The van der Waals surface area contributed by atoms with Crippen molar-refractivity contribution in [2.75, 3.05) is 5.32 Å². The smallest absolute Gasteiger partial charge is 0.416 e. The number of benzene rings is 2. The zero-order chi connectivity index (χ0) is 18.9. The molecule has 2 aromatic rings. The number of hydrazone groups is 1. The Morgan fingerprint density at radius 2 is 1.88 bits per heavy atom. The Labute approximate surface area is 151 Å². The monoisotopic (exact) mass is 383 g/mol. The Morgan fingerprint density at radius 3 is 2.54 bits per heavy atom. The zero-order valence-electron chi connectivity index (χ0n) is 13.4. The molecule has 2 N–H and O–H groups in total. The first-order valence-electron chi connectivity index (χ1n) is 7.52. The molecule has 0 bridgehead atoms. The lowest BCUT2D eigenvalue weighted by Gasteiger charge is -2.09. The molecule has 0 aromatic heterocycles. The number of amides is 2. The molecule has 0 saturated carbocycles. The highest BCUT2D eigenvalue weighted by atomic mass is 35.5. The van der Waals surface area contributed by atoms with Gasteiger partial charge in [-0.3, -0.25) is 0 Å². The van der Waals surface area contributed by atoms with Gasteiger partial charge in [0, 0.05) is 16.3 Å². The Balaban J connectivity index is 1.67. The van der Waals surface area contributed by atoms with Crippen LogP contribution in [0.25, 0.3) is 0 Å². The van der Waals surface area contributed by atoms with E-state index in [4.69, 9.17) is 16.3 Å². The van der Waals surface area contributed by atoms with Crippen LogP contribution >= 0.6 is 11.6 Å². The number of hydrogen-bond donors (Lipinski definition) is 2. The molecule has 0 fully saturated rings. The summed E-state index contributed by atoms with van der Waals surface area (Å²) in [6.07, 6.45) is -4.81. The van der Waals surface area contributed by atoms with Crippen molar-refractivity contribution in [1.29, 1.82) is 0 Å². The predicted octanol–water partition coefficient (Wildman–Crippen LogP) is 4.67. The van der Waals surface area contributed by atoms with Crippen LogP contribution in [0.4, 0.5) is 23.7 Å². The number of ether oxygens (including phenoxy) is 1. The average Bonchev–Trinajstić information content (AvgIpc) is 2.87. The summed E-state index contributed by atoms with van der Waals surface area (Å²) in [4.78, 5) is 11.9. The van der Waals surface area contributed by atoms with Crippen LogP contribution in [0.3, 0.4) is 0 Å². The van der Waals surface area contributed by atoms with E-state index in [0.717, 1.165) is 24.3 Å². The van der Waals surface area contributed by atoms with E-state index in [1.165, 1.54) is 0 Å². The van der Waals surface area contributed by atoms with E-state index in [1.807, 2.05) is 0 Å². The van der Waals surface area contributed by atoms with Gasteiger partial charge in [-0.15, -0.1) is 0 Å². The Kier molecular flexibility index (Phi) is 4.78. The maximum Gasteiger partial charge on any atom is 0.416 e. The molecule has 136 valence electrons. The van der Waals surface area contributed by atoms with Crippen molar-refractivity contribution in [3.8, 4) is 5.75 Å². The number of fused-ring (bicyclic) bond motifs is 1. The highest BCUT2D eigenvalue weighted by molar-refractivity contribution is 6.31. The number of hydrogen-bond acceptors (Lipinski definition) is 3. The zero-order valence-corrected chi connectivity index (χ0v) is 14.2. The molecule has 1 heterocycles. The fourth-order valence-electron chi connectivity index (χ4n) is 2.43. The number of nitrogens with one attached hydrogen (secondary N) is 2. The third-order valence-corrected chi connectivity index (χ3v) is 3.89. The third-order valence-electron chi connectivity index (χ3n) is 3.66. The van der Waals surface area contributed by atoms with Gasteiger partial charge in [0.1, 0.15) is 17.6 Å². The van der Waals surface area contributed by atoms with Crippen molar-refractivity contribution in [1.82, 2.24) is 5.43 Å². The van der Waals surface area contributed by atoms with Crippen molar-refractivity contribution in [2.45, 2.75) is 19.2 Å². The third kappa shape index (κ3) is 3.91. The summed E-state index contributed by atoms with van der Waals surface area (Å²) in [5.41, 5.74) is 2.94. The maximum atomic E-state index is 12.5. The van der Waals surface area contributed by atoms with Gasteiger partial charge in [0.15, 0.2) is 0 Å². The second-order valence-corrected chi connectivity index (χ2v) is 5.98. The molecule has 0 spiro atoms. The van der Waals surface area contributed by atoms with Gasteiger partial charge in [0.25, 0.3) is 0 Å². The van der Waals surface area contributed by atoms with Gasteiger partial charge >= 0.3 is 12.2 Å².